The third kappa shape index (κ3) is 1.20. The number of hydrogen-bond donors (Lipinski definition) is 1. The zero-order valence-electron chi connectivity index (χ0n) is 5.87. The van der Waals surface area contributed by atoms with Gasteiger partial charge < -0.3 is 4.98 Å². The lowest BCUT2D eigenvalue weighted by Gasteiger charge is -1.96. The molecule has 2 rings (SSSR count). The van der Waals surface area contributed by atoms with Crippen LogP contribution in [0.25, 0.3) is 10.9 Å². The minimum absolute atomic E-state index is 0.734. The Morgan fingerprint density at radius 1 is 1.17 bits per heavy atom. The summed E-state index contributed by atoms with van der Waals surface area (Å²) in [4.78, 5) is 3.09. The van der Waals surface area contributed by atoms with E-state index >= 15 is 0 Å². The second-order valence-corrected chi connectivity index (χ2v) is 4.53. The number of H-pyrrole nitrogens is 1. The van der Waals surface area contributed by atoms with Crippen molar-refractivity contribution in [1.29, 1.82) is 0 Å². The van der Waals surface area contributed by atoms with E-state index in [-0.39, 0.29) is 0 Å². The van der Waals surface area contributed by atoms with E-state index in [0.717, 1.165) is 24.9 Å². The van der Waals surface area contributed by atoms with Gasteiger partial charge >= 0.3 is 0 Å². The quantitative estimate of drug-likeness (QED) is 0.745. The Bertz CT molecular complexity index is 436. The van der Waals surface area contributed by atoms with Crippen molar-refractivity contribution in [1.82, 2.24) is 4.98 Å². The van der Waals surface area contributed by atoms with Crippen LogP contribution < -0.4 is 0 Å². The van der Waals surface area contributed by atoms with E-state index in [4.69, 9.17) is 11.6 Å². The number of aromatic nitrogens is 1. The van der Waals surface area contributed by atoms with Gasteiger partial charge in [-0.25, -0.2) is 0 Å². The Morgan fingerprint density at radius 2 is 1.83 bits per heavy atom. The van der Waals surface area contributed by atoms with Gasteiger partial charge in [0.05, 0.1) is 10.5 Å². The summed E-state index contributed by atoms with van der Waals surface area (Å²) in [6.07, 6.45) is 1.78. The lowest BCUT2D eigenvalue weighted by atomic mass is 10.2. The highest BCUT2D eigenvalue weighted by atomic mass is 79.9. The molecule has 62 valence electrons. The first-order chi connectivity index (χ1) is 5.70. The molecule has 1 N–H and O–H groups in total. The van der Waals surface area contributed by atoms with Crippen molar-refractivity contribution in [3.8, 4) is 0 Å². The van der Waals surface area contributed by atoms with E-state index in [1.54, 1.807) is 6.20 Å². The fourth-order valence-corrected chi connectivity index (χ4v) is 2.49. The lowest BCUT2D eigenvalue weighted by Crippen LogP contribution is -1.72. The monoisotopic (exact) mass is 307 g/mol. The molecule has 4 heteroatoms. The zero-order valence-corrected chi connectivity index (χ0v) is 9.79. The molecular weight excluding hydrogens is 305 g/mol. The van der Waals surface area contributed by atoms with Crippen LogP contribution >= 0.6 is 43.5 Å². The van der Waals surface area contributed by atoms with E-state index in [0.29, 0.717) is 0 Å². The summed E-state index contributed by atoms with van der Waals surface area (Å²) in [6, 6.07) is 3.94. The predicted molar refractivity (Wildman–Crippen MR) is 58.7 cm³/mol. The number of aromatic amines is 1. The molecule has 1 nitrogen and oxygen atoms in total. The van der Waals surface area contributed by atoms with Gasteiger partial charge in [-0.05, 0) is 28.1 Å². The smallest absolute Gasteiger partial charge is 0.0671 e. The topological polar surface area (TPSA) is 15.8 Å². The van der Waals surface area contributed by atoms with Crippen LogP contribution in [0.15, 0.2) is 27.3 Å². The Kier molecular flexibility index (Phi) is 2.19. The fraction of sp³-hybridized carbons (Fsp3) is 0. The third-order valence-electron chi connectivity index (χ3n) is 1.69. The average molecular weight is 309 g/mol. The molecule has 1 aromatic heterocycles. The molecule has 0 aliphatic heterocycles. The summed E-state index contributed by atoms with van der Waals surface area (Å²) in [5, 5.41) is 1.75. The first-order valence-electron chi connectivity index (χ1n) is 3.30. The van der Waals surface area contributed by atoms with Gasteiger partial charge in [-0.3, -0.25) is 0 Å². The molecule has 0 saturated heterocycles. The number of halogens is 3. The van der Waals surface area contributed by atoms with Crippen LogP contribution in [0.4, 0.5) is 0 Å². The highest BCUT2D eigenvalue weighted by Crippen LogP contribution is 2.34. The van der Waals surface area contributed by atoms with Gasteiger partial charge in [-0.15, -0.1) is 0 Å². The second-order valence-electron chi connectivity index (χ2n) is 2.42. The van der Waals surface area contributed by atoms with Gasteiger partial charge in [0.2, 0.25) is 0 Å². The number of hydrogen-bond acceptors (Lipinski definition) is 0. The van der Waals surface area contributed by atoms with Crippen LogP contribution in [0.3, 0.4) is 0 Å². The van der Waals surface area contributed by atoms with Crippen LogP contribution in [-0.4, -0.2) is 4.98 Å². The van der Waals surface area contributed by atoms with Crippen molar-refractivity contribution < 1.29 is 0 Å². The maximum absolute atomic E-state index is 5.97. The standard InChI is InChI=1S/C8H4Br2ClN/c9-4-1-2-5(10)8-7(4)6(11)3-12-8/h1-3,12H. The average Bonchev–Trinajstić information content (AvgIpc) is 2.42. The molecule has 0 unspecified atom stereocenters. The summed E-state index contributed by atoms with van der Waals surface area (Å²) in [6.45, 7) is 0. The van der Waals surface area contributed by atoms with Crippen molar-refractivity contribution in [2.75, 3.05) is 0 Å². The zero-order chi connectivity index (χ0) is 8.72. The predicted octanol–water partition coefficient (Wildman–Crippen LogP) is 4.35. The fourth-order valence-electron chi connectivity index (χ4n) is 1.13. The van der Waals surface area contributed by atoms with E-state index in [1.807, 2.05) is 12.1 Å². The molecule has 0 bridgehead atoms. The summed E-state index contributed by atoms with van der Waals surface area (Å²) >= 11 is 12.8. The van der Waals surface area contributed by atoms with E-state index in [2.05, 4.69) is 36.8 Å². The minimum Gasteiger partial charge on any atom is -0.359 e. The highest BCUT2D eigenvalue weighted by molar-refractivity contribution is 9.11. The van der Waals surface area contributed by atoms with Gasteiger partial charge in [0, 0.05) is 20.5 Å². The Labute approximate surface area is 91.4 Å². The van der Waals surface area contributed by atoms with Gasteiger partial charge in [-0.2, -0.15) is 0 Å². The third-order valence-corrected chi connectivity index (χ3v) is 3.31. The molecule has 2 aromatic rings. The first-order valence-corrected chi connectivity index (χ1v) is 5.27. The molecule has 0 spiro atoms. The van der Waals surface area contributed by atoms with E-state index in [1.165, 1.54) is 0 Å². The summed E-state index contributed by atoms with van der Waals surface area (Å²) in [7, 11) is 0. The molecule has 0 atom stereocenters. The maximum atomic E-state index is 5.97. The van der Waals surface area contributed by atoms with Crippen LogP contribution in [0, 0.1) is 0 Å². The number of benzene rings is 1. The molecule has 12 heavy (non-hydrogen) atoms. The Balaban J connectivity index is 2.98. The molecule has 0 amide bonds. The molecule has 1 heterocycles. The Morgan fingerprint density at radius 3 is 2.50 bits per heavy atom. The van der Waals surface area contributed by atoms with Crippen molar-refractivity contribution in [2.24, 2.45) is 0 Å². The molecule has 1 aromatic carbocycles. The molecule has 0 fully saturated rings. The highest BCUT2D eigenvalue weighted by Gasteiger charge is 2.07. The largest absolute Gasteiger partial charge is 0.359 e. The summed E-state index contributed by atoms with van der Waals surface area (Å²) in [5.41, 5.74) is 1.02. The van der Waals surface area contributed by atoms with Crippen LogP contribution in [0.2, 0.25) is 5.02 Å². The maximum Gasteiger partial charge on any atom is 0.0671 e. The van der Waals surface area contributed by atoms with Crippen LogP contribution in [0.1, 0.15) is 0 Å². The normalized spacial score (nSPS) is 10.9. The molecule has 0 saturated carbocycles. The Hall–Kier alpha value is 0.01000. The second kappa shape index (κ2) is 3.05. The summed E-state index contributed by atoms with van der Waals surface area (Å²) < 4.78 is 2.03. The SMILES string of the molecule is Clc1c[nH]c2c(Br)ccc(Br)c12. The van der Waals surface area contributed by atoms with Gasteiger partial charge in [0.15, 0.2) is 0 Å². The molecule has 0 aliphatic carbocycles. The number of nitrogens with one attached hydrogen (secondary N) is 1. The van der Waals surface area contributed by atoms with E-state index in [9.17, 15) is 0 Å². The lowest BCUT2D eigenvalue weighted by molar-refractivity contribution is 1.46. The first kappa shape index (κ1) is 8.60. The van der Waals surface area contributed by atoms with Crippen LogP contribution in [-0.2, 0) is 0 Å². The van der Waals surface area contributed by atoms with Gasteiger partial charge in [0.25, 0.3) is 0 Å². The molecular formula is C8H4Br2ClN. The van der Waals surface area contributed by atoms with Gasteiger partial charge in [0.1, 0.15) is 0 Å². The van der Waals surface area contributed by atoms with Gasteiger partial charge in [-0.1, -0.05) is 27.5 Å². The van der Waals surface area contributed by atoms with Crippen LogP contribution in [0.5, 0.6) is 0 Å². The minimum atomic E-state index is 0.734. The van der Waals surface area contributed by atoms with Crippen molar-refractivity contribution in [2.45, 2.75) is 0 Å². The van der Waals surface area contributed by atoms with E-state index < -0.39 is 0 Å². The van der Waals surface area contributed by atoms with Crippen molar-refractivity contribution in [3.63, 3.8) is 0 Å². The molecule has 0 aliphatic rings. The summed E-state index contributed by atoms with van der Waals surface area (Å²) in [5.74, 6) is 0. The van der Waals surface area contributed by atoms with Crippen molar-refractivity contribution >= 4 is 54.4 Å². The number of rotatable bonds is 0. The van der Waals surface area contributed by atoms with Crippen molar-refractivity contribution in [3.05, 3.63) is 32.3 Å². The number of fused-ring (bicyclic) bond motifs is 1. The molecule has 0 radical (unpaired) electrons.